The van der Waals surface area contributed by atoms with E-state index in [9.17, 15) is 9.59 Å². The molecule has 0 saturated heterocycles. The van der Waals surface area contributed by atoms with Crippen molar-refractivity contribution < 1.29 is 0 Å². The number of nitrogens with zero attached hydrogens (tertiary/aromatic N) is 4. The zero-order valence-corrected chi connectivity index (χ0v) is 14.8. The topological polar surface area (TPSA) is 61.8 Å². The minimum absolute atomic E-state index is 0.171. The molecule has 0 atom stereocenters. The smallest absolute Gasteiger partial charge is 0.321 e. The van der Waals surface area contributed by atoms with Gasteiger partial charge in [0, 0.05) is 13.1 Å². The summed E-state index contributed by atoms with van der Waals surface area (Å²) in [4.78, 5) is 30.3. The van der Waals surface area contributed by atoms with Crippen LogP contribution in [0.2, 0.25) is 0 Å². The van der Waals surface area contributed by atoms with Crippen LogP contribution in [-0.2, 0) is 13.1 Å². The third-order valence-corrected chi connectivity index (χ3v) is 4.07. The van der Waals surface area contributed by atoms with Gasteiger partial charge in [0.1, 0.15) is 0 Å². The van der Waals surface area contributed by atoms with E-state index in [0.29, 0.717) is 29.9 Å². The van der Waals surface area contributed by atoms with Gasteiger partial charge >= 0.3 is 5.69 Å². The Morgan fingerprint density at radius 1 is 1.20 bits per heavy atom. The maximum Gasteiger partial charge on any atom is 0.337 e. The molecule has 0 unspecified atom stereocenters. The van der Waals surface area contributed by atoms with E-state index in [4.69, 9.17) is 0 Å². The summed E-state index contributed by atoms with van der Waals surface area (Å²) < 4.78 is 4.54. The lowest BCUT2D eigenvalue weighted by Crippen LogP contribution is -2.41. The van der Waals surface area contributed by atoms with E-state index < -0.39 is 0 Å². The Bertz CT molecular complexity index is 1040. The zero-order valence-electron chi connectivity index (χ0n) is 14.8. The third kappa shape index (κ3) is 2.95. The van der Waals surface area contributed by atoms with E-state index in [-0.39, 0.29) is 17.2 Å². The average Bonchev–Trinajstić information content (AvgIpc) is 2.97. The number of aromatic nitrogens is 4. The number of fused-ring (bicyclic) bond motifs is 1. The SMILES string of the molecule is C=CCn1cnc2c1c(=O)n(CC(C)C)c(=O)n2-c1ccc(C)cc1. The van der Waals surface area contributed by atoms with Gasteiger partial charge in [-0.15, -0.1) is 6.58 Å². The van der Waals surface area contributed by atoms with Gasteiger partial charge in [-0.3, -0.25) is 9.36 Å². The molecule has 25 heavy (non-hydrogen) atoms. The van der Waals surface area contributed by atoms with Crippen molar-refractivity contribution in [2.75, 3.05) is 0 Å². The van der Waals surface area contributed by atoms with Crippen LogP contribution in [0.25, 0.3) is 16.9 Å². The second kappa shape index (κ2) is 6.55. The molecule has 2 aromatic heterocycles. The van der Waals surface area contributed by atoms with Crippen LogP contribution in [0, 0.1) is 12.8 Å². The van der Waals surface area contributed by atoms with Crippen molar-refractivity contribution in [3.8, 4) is 5.69 Å². The molecule has 3 aromatic rings. The summed E-state index contributed by atoms with van der Waals surface area (Å²) in [6.07, 6.45) is 3.28. The van der Waals surface area contributed by atoms with Crippen molar-refractivity contribution in [1.29, 1.82) is 0 Å². The fourth-order valence-corrected chi connectivity index (χ4v) is 2.91. The van der Waals surface area contributed by atoms with E-state index in [1.165, 1.54) is 9.13 Å². The molecular formula is C19H22N4O2. The lowest BCUT2D eigenvalue weighted by atomic mass is 10.2. The normalized spacial score (nSPS) is 11.4. The number of hydrogen-bond acceptors (Lipinski definition) is 3. The van der Waals surface area contributed by atoms with Crippen molar-refractivity contribution in [3.63, 3.8) is 0 Å². The van der Waals surface area contributed by atoms with Crippen LogP contribution in [0.3, 0.4) is 0 Å². The van der Waals surface area contributed by atoms with Crippen molar-refractivity contribution in [2.24, 2.45) is 5.92 Å². The molecule has 0 aliphatic carbocycles. The number of imidazole rings is 1. The summed E-state index contributed by atoms with van der Waals surface area (Å²) in [5, 5.41) is 0. The predicted molar refractivity (Wildman–Crippen MR) is 99.4 cm³/mol. The highest BCUT2D eigenvalue weighted by molar-refractivity contribution is 5.72. The number of benzene rings is 1. The molecule has 0 aliphatic heterocycles. The maximum atomic E-state index is 13.0. The van der Waals surface area contributed by atoms with E-state index in [0.717, 1.165) is 5.56 Å². The molecule has 6 heteroatoms. The lowest BCUT2D eigenvalue weighted by Gasteiger charge is -2.14. The number of hydrogen-bond donors (Lipinski definition) is 0. The molecule has 0 aliphatic rings. The molecule has 0 bridgehead atoms. The molecule has 0 spiro atoms. The van der Waals surface area contributed by atoms with Crippen LogP contribution in [0.5, 0.6) is 0 Å². The molecule has 3 rings (SSSR count). The number of rotatable bonds is 5. The first-order valence-electron chi connectivity index (χ1n) is 8.32. The van der Waals surface area contributed by atoms with E-state index in [2.05, 4.69) is 11.6 Å². The largest absolute Gasteiger partial charge is 0.337 e. The van der Waals surface area contributed by atoms with Crippen LogP contribution in [-0.4, -0.2) is 18.7 Å². The Labute approximate surface area is 145 Å². The summed E-state index contributed by atoms with van der Waals surface area (Å²) in [5.41, 5.74) is 1.92. The molecule has 0 saturated carbocycles. The predicted octanol–water partition coefficient (Wildman–Crippen LogP) is 2.50. The Morgan fingerprint density at radius 2 is 1.88 bits per heavy atom. The lowest BCUT2D eigenvalue weighted by molar-refractivity contribution is 0.489. The van der Waals surface area contributed by atoms with Crippen LogP contribution < -0.4 is 11.2 Å². The highest BCUT2D eigenvalue weighted by Gasteiger charge is 2.19. The zero-order chi connectivity index (χ0) is 18.1. The monoisotopic (exact) mass is 338 g/mol. The summed E-state index contributed by atoms with van der Waals surface area (Å²) in [6.45, 7) is 10.5. The molecule has 2 heterocycles. The number of allylic oxidation sites excluding steroid dienone is 1. The summed E-state index contributed by atoms with van der Waals surface area (Å²) in [6, 6.07) is 7.61. The molecule has 0 amide bonds. The second-order valence-corrected chi connectivity index (χ2v) is 6.62. The molecule has 6 nitrogen and oxygen atoms in total. The molecule has 0 N–H and O–H groups in total. The van der Waals surface area contributed by atoms with Crippen molar-refractivity contribution in [1.82, 2.24) is 18.7 Å². The Morgan fingerprint density at radius 3 is 2.48 bits per heavy atom. The highest BCUT2D eigenvalue weighted by Crippen LogP contribution is 2.14. The molecule has 0 fully saturated rings. The van der Waals surface area contributed by atoms with Gasteiger partial charge in [-0.2, -0.15) is 0 Å². The quantitative estimate of drug-likeness (QED) is 0.672. The van der Waals surface area contributed by atoms with Gasteiger partial charge < -0.3 is 4.57 Å². The van der Waals surface area contributed by atoms with Gasteiger partial charge in [-0.1, -0.05) is 37.6 Å². The maximum absolute atomic E-state index is 13.0. The van der Waals surface area contributed by atoms with Crippen LogP contribution in [0.1, 0.15) is 19.4 Å². The first kappa shape index (κ1) is 17.0. The molecular weight excluding hydrogens is 316 g/mol. The summed E-state index contributed by atoms with van der Waals surface area (Å²) >= 11 is 0. The third-order valence-electron chi connectivity index (χ3n) is 4.07. The standard InChI is InChI=1S/C19H22N4O2/c1-5-10-21-12-20-17-16(21)18(24)22(11-13(2)3)19(25)23(17)15-8-6-14(4)7-9-15/h5-9,12-13H,1,10-11H2,2-4H3. The molecule has 1 aromatic carbocycles. The minimum atomic E-state index is -0.362. The minimum Gasteiger partial charge on any atom is -0.321 e. The molecule has 130 valence electrons. The fraction of sp³-hybridized carbons (Fsp3) is 0.316. The number of aryl methyl sites for hydroxylation is 1. The van der Waals surface area contributed by atoms with E-state index >= 15 is 0 Å². The first-order chi connectivity index (χ1) is 11.9. The van der Waals surface area contributed by atoms with Crippen LogP contribution in [0.15, 0.2) is 52.8 Å². The highest BCUT2D eigenvalue weighted by atomic mass is 16.2. The Balaban J connectivity index is 2.42. The van der Waals surface area contributed by atoms with Crippen molar-refractivity contribution in [2.45, 2.75) is 33.9 Å². The van der Waals surface area contributed by atoms with Crippen molar-refractivity contribution in [3.05, 3.63) is 69.6 Å². The van der Waals surface area contributed by atoms with E-state index in [1.54, 1.807) is 17.0 Å². The van der Waals surface area contributed by atoms with Crippen molar-refractivity contribution >= 4 is 11.2 Å². The average molecular weight is 338 g/mol. The van der Waals surface area contributed by atoms with E-state index in [1.807, 2.05) is 45.0 Å². The first-order valence-corrected chi connectivity index (χ1v) is 8.32. The Hall–Kier alpha value is -2.89. The summed E-state index contributed by atoms with van der Waals surface area (Å²) in [7, 11) is 0. The van der Waals surface area contributed by atoms with Gasteiger partial charge in [0.05, 0.1) is 12.0 Å². The molecule has 0 radical (unpaired) electrons. The summed E-state index contributed by atoms with van der Waals surface area (Å²) in [5.74, 6) is 0.171. The van der Waals surface area contributed by atoms with Gasteiger partial charge in [0.15, 0.2) is 11.2 Å². The van der Waals surface area contributed by atoms with Crippen LogP contribution in [0.4, 0.5) is 0 Å². The van der Waals surface area contributed by atoms with Gasteiger partial charge in [-0.05, 0) is 25.0 Å². The Kier molecular flexibility index (Phi) is 4.44. The van der Waals surface area contributed by atoms with Crippen LogP contribution >= 0.6 is 0 Å². The van der Waals surface area contributed by atoms with Gasteiger partial charge in [0.2, 0.25) is 0 Å². The fourth-order valence-electron chi connectivity index (χ4n) is 2.91. The second-order valence-electron chi connectivity index (χ2n) is 6.62. The van der Waals surface area contributed by atoms with Gasteiger partial charge in [0.25, 0.3) is 5.56 Å². The van der Waals surface area contributed by atoms with Gasteiger partial charge in [-0.25, -0.2) is 14.3 Å².